The number of aryl methyl sites for hydroxylation is 1. The number of ether oxygens (including phenoxy) is 1. The first-order valence-corrected chi connectivity index (χ1v) is 6.32. The second-order valence-electron chi connectivity index (χ2n) is 5.32. The zero-order valence-corrected chi connectivity index (χ0v) is 10.0. The molecule has 3 heteroatoms. The van der Waals surface area contributed by atoms with E-state index in [0.717, 1.165) is 24.8 Å². The molecule has 0 spiro atoms. The molecule has 2 heterocycles. The van der Waals surface area contributed by atoms with Crippen LogP contribution < -0.4 is 5.73 Å². The lowest BCUT2D eigenvalue weighted by atomic mass is 9.81. The molecular formula is C14H18FNO. The minimum atomic E-state index is -0.231. The van der Waals surface area contributed by atoms with Crippen LogP contribution in [-0.2, 0) is 4.74 Å². The van der Waals surface area contributed by atoms with Gasteiger partial charge in [-0.1, -0.05) is 17.7 Å². The standard InChI is InChI=1S/C14H18FNO/c1-8-2-4-12(15)10(6-8)14(16)11-7-9-3-5-13(11)17-9/h2,4,6,9,11,13-14H,3,5,7,16H2,1H3. The highest BCUT2D eigenvalue weighted by atomic mass is 19.1. The maximum Gasteiger partial charge on any atom is 0.128 e. The lowest BCUT2D eigenvalue weighted by molar-refractivity contribution is 0.0882. The van der Waals surface area contributed by atoms with Gasteiger partial charge in [0.2, 0.25) is 0 Å². The van der Waals surface area contributed by atoms with Gasteiger partial charge in [-0.25, -0.2) is 4.39 Å². The van der Waals surface area contributed by atoms with Gasteiger partial charge < -0.3 is 10.5 Å². The number of nitrogens with two attached hydrogens (primary N) is 1. The largest absolute Gasteiger partial charge is 0.375 e. The monoisotopic (exact) mass is 235 g/mol. The average molecular weight is 235 g/mol. The smallest absolute Gasteiger partial charge is 0.128 e. The molecule has 0 amide bonds. The molecule has 0 aromatic heterocycles. The van der Waals surface area contributed by atoms with E-state index in [-0.39, 0.29) is 23.9 Å². The molecule has 1 aromatic carbocycles. The summed E-state index contributed by atoms with van der Waals surface area (Å²) in [7, 11) is 0. The third-order valence-electron chi connectivity index (χ3n) is 4.12. The van der Waals surface area contributed by atoms with Crippen LogP contribution in [0, 0.1) is 18.7 Å². The summed E-state index contributed by atoms with van der Waals surface area (Å²) >= 11 is 0. The van der Waals surface area contributed by atoms with E-state index in [0.29, 0.717) is 11.7 Å². The molecule has 4 atom stereocenters. The number of fused-ring (bicyclic) bond motifs is 2. The van der Waals surface area contributed by atoms with Crippen molar-refractivity contribution < 1.29 is 9.13 Å². The van der Waals surface area contributed by atoms with E-state index in [2.05, 4.69) is 0 Å². The average Bonchev–Trinajstić information content (AvgIpc) is 2.93. The number of benzene rings is 1. The van der Waals surface area contributed by atoms with Gasteiger partial charge in [0.05, 0.1) is 12.2 Å². The van der Waals surface area contributed by atoms with Crippen molar-refractivity contribution in [2.24, 2.45) is 11.7 Å². The first-order chi connectivity index (χ1) is 8.15. The van der Waals surface area contributed by atoms with Gasteiger partial charge in [-0.2, -0.15) is 0 Å². The highest BCUT2D eigenvalue weighted by molar-refractivity contribution is 5.27. The van der Waals surface area contributed by atoms with Crippen LogP contribution in [0.15, 0.2) is 18.2 Å². The fourth-order valence-corrected chi connectivity index (χ4v) is 3.20. The lowest BCUT2D eigenvalue weighted by Gasteiger charge is -2.26. The summed E-state index contributed by atoms with van der Waals surface area (Å²) in [5.41, 5.74) is 7.94. The van der Waals surface area contributed by atoms with Crippen LogP contribution in [0.5, 0.6) is 0 Å². The van der Waals surface area contributed by atoms with E-state index in [9.17, 15) is 4.39 Å². The Morgan fingerprint density at radius 1 is 1.41 bits per heavy atom. The van der Waals surface area contributed by atoms with Crippen LogP contribution >= 0.6 is 0 Å². The number of hydrogen-bond acceptors (Lipinski definition) is 2. The second kappa shape index (κ2) is 4.07. The normalized spacial score (nSPS) is 33.0. The van der Waals surface area contributed by atoms with Gasteiger partial charge in [0.25, 0.3) is 0 Å². The van der Waals surface area contributed by atoms with Gasteiger partial charge in [0, 0.05) is 17.5 Å². The van der Waals surface area contributed by atoms with E-state index >= 15 is 0 Å². The predicted octanol–water partition coefficient (Wildman–Crippen LogP) is 2.70. The number of rotatable bonds is 2. The van der Waals surface area contributed by atoms with Gasteiger partial charge in [-0.05, 0) is 32.3 Å². The fraction of sp³-hybridized carbons (Fsp3) is 0.571. The summed E-state index contributed by atoms with van der Waals surface area (Å²) < 4.78 is 19.6. The zero-order chi connectivity index (χ0) is 12.0. The third-order valence-corrected chi connectivity index (χ3v) is 4.12. The Kier molecular flexibility index (Phi) is 2.68. The molecule has 3 rings (SSSR count). The first kappa shape index (κ1) is 11.2. The van der Waals surface area contributed by atoms with Crippen molar-refractivity contribution in [3.63, 3.8) is 0 Å². The minimum absolute atomic E-state index is 0.189. The topological polar surface area (TPSA) is 35.2 Å². The van der Waals surface area contributed by atoms with Crippen LogP contribution in [0.2, 0.25) is 0 Å². The van der Waals surface area contributed by atoms with Crippen molar-refractivity contribution in [2.75, 3.05) is 0 Å². The molecule has 92 valence electrons. The summed E-state index contributed by atoms with van der Waals surface area (Å²) in [6.45, 7) is 1.97. The van der Waals surface area contributed by atoms with Gasteiger partial charge >= 0.3 is 0 Å². The molecular weight excluding hydrogens is 217 g/mol. The molecule has 4 unspecified atom stereocenters. The molecule has 0 saturated carbocycles. The third kappa shape index (κ3) is 1.87. The Bertz CT molecular complexity index is 434. The van der Waals surface area contributed by atoms with Crippen LogP contribution in [0.4, 0.5) is 4.39 Å². The molecule has 0 aliphatic carbocycles. The zero-order valence-electron chi connectivity index (χ0n) is 10.0. The molecule has 2 fully saturated rings. The Morgan fingerprint density at radius 2 is 2.24 bits per heavy atom. The minimum Gasteiger partial charge on any atom is -0.375 e. The van der Waals surface area contributed by atoms with Gasteiger partial charge in [-0.15, -0.1) is 0 Å². The first-order valence-electron chi connectivity index (χ1n) is 6.32. The van der Waals surface area contributed by atoms with E-state index in [1.807, 2.05) is 13.0 Å². The van der Waals surface area contributed by atoms with E-state index in [1.54, 1.807) is 6.07 Å². The quantitative estimate of drug-likeness (QED) is 0.855. The molecule has 2 N–H and O–H groups in total. The molecule has 0 radical (unpaired) electrons. The molecule has 2 saturated heterocycles. The van der Waals surface area contributed by atoms with Gasteiger partial charge in [0.1, 0.15) is 5.82 Å². The molecule has 2 aliphatic heterocycles. The maximum atomic E-state index is 13.8. The lowest BCUT2D eigenvalue weighted by Crippen LogP contribution is -2.30. The second-order valence-corrected chi connectivity index (χ2v) is 5.32. The van der Waals surface area contributed by atoms with Crippen LogP contribution in [0.3, 0.4) is 0 Å². The van der Waals surface area contributed by atoms with E-state index in [4.69, 9.17) is 10.5 Å². The Balaban J connectivity index is 1.86. The van der Waals surface area contributed by atoms with Crippen molar-refractivity contribution in [3.8, 4) is 0 Å². The maximum absolute atomic E-state index is 13.8. The Hall–Kier alpha value is -0.930. The molecule has 2 bridgehead atoms. The Morgan fingerprint density at radius 3 is 2.88 bits per heavy atom. The van der Waals surface area contributed by atoms with Crippen LogP contribution in [0.1, 0.15) is 36.4 Å². The van der Waals surface area contributed by atoms with Crippen molar-refractivity contribution >= 4 is 0 Å². The van der Waals surface area contributed by atoms with E-state index in [1.165, 1.54) is 6.07 Å². The van der Waals surface area contributed by atoms with Crippen molar-refractivity contribution in [1.29, 1.82) is 0 Å². The highest BCUT2D eigenvalue weighted by Crippen LogP contribution is 2.44. The summed E-state index contributed by atoms with van der Waals surface area (Å²) in [5.74, 6) is 0.0934. The fourth-order valence-electron chi connectivity index (χ4n) is 3.20. The van der Waals surface area contributed by atoms with Crippen molar-refractivity contribution in [2.45, 2.75) is 44.4 Å². The van der Waals surface area contributed by atoms with Crippen molar-refractivity contribution in [3.05, 3.63) is 35.1 Å². The molecule has 17 heavy (non-hydrogen) atoms. The van der Waals surface area contributed by atoms with E-state index < -0.39 is 0 Å². The van der Waals surface area contributed by atoms with Gasteiger partial charge in [0.15, 0.2) is 0 Å². The number of halogens is 1. The predicted molar refractivity (Wildman–Crippen MR) is 64.1 cm³/mol. The number of hydrogen-bond donors (Lipinski definition) is 1. The molecule has 1 aromatic rings. The summed E-state index contributed by atoms with van der Waals surface area (Å²) in [4.78, 5) is 0. The molecule has 2 nitrogen and oxygen atoms in total. The SMILES string of the molecule is Cc1ccc(F)c(C(N)C2CC3CCC2O3)c1. The van der Waals surface area contributed by atoms with Crippen LogP contribution in [0.25, 0.3) is 0 Å². The highest BCUT2D eigenvalue weighted by Gasteiger charge is 2.44. The van der Waals surface area contributed by atoms with Crippen molar-refractivity contribution in [1.82, 2.24) is 0 Å². The van der Waals surface area contributed by atoms with Crippen LogP contribution in [-0.4, -0.2) is 12.2 Å². The summed E-state index contributed by atoms with van der Waals surface area (Å²) in [6, 6.07) is 4.93. The molecule has 2 aliphatic rings. The summed E-state index contributed by atoms with van der Waals surface area (Å²) in [6.07, 6.45) is 3.82. The van der Waals surface area contributed by atoms with Gasteiger partial charge in [-0.3, -0.25) is 0 Å². The summed E-state index contributed by atoms with van der Waals surface area (Å²) in [5, 5.41) is 0. The Labute approximate surface area is 101 Å².